The minimum Gasteiger partial charge on any atom is -0.399 e. The van der Waals surface area contributed by atoms with Crippen molar-refractivity contribution in [2.75, 3.05) is 25.4 Å². The summed E-state index contributed by atoms with van der Waals surface area (Å²) in [5, 5.41) is 0.996. The maximum atomic E-state index is 12.5. The first-order valence-corrected chi connectivity index (χ1v) is 8.47. The number of rotatable bonds is 3. The van der Waals surface area contributed by atoms with E-state index in [0.29, 0.717) is 41.8 Å². The summed E-state index contributed by atoms with van der Waals surface area (Å²) >= 11 is 12.0. The summed E-state index contributed by atoms with van der Waals surface area (Å²) in [6.07, 6.45) is 0.165. The Labute approximate surface area is 151 Å². The van der Waals surface area contributed by atoms with Crippen LogP contribution in [-0.2, 0) is 16.0 Å². The van der Waals surface area contributed by atoms with Crippen LogP contribution in [0.3, 0.4) is 0 Å². The van der Waals surface area contributed by atoms with Gasteiger partial charge >= 0.3 is 0 Å². The molecule has 0 aliphatic carbocycles. The van der Waals surface area contributed by atoms with E-state index >= 15 is 0 Å². The molecule has 1 amide bonds. The molecule has 1 fully saturated rings. The second kappa shape index (κ2) is 7.43. The Hall–Kier alpha value is -1.75. The van der Waals surface area contributed by atoms with Crippen LogP contribution < -0.4 is 5.73 Å². The number of hydrogen-bond acceptors (Lipinski definition) is 3. The molecule has 0 radical (unpaired) electrons. The molecule has 0 spiro atoms. The maximum absolute atomic E-state index is 12.5. The van der Waals surface area contributed by atoms with Crippen LogP contribution in [-0.4, -0.2) is 30.5 Å². The SMILES string of the molecule is Nc1ccc(CC(=O)N2CCOC(c3ccc(Cl)c(Cl)c3)C2)cc1. The normalized spacial score (nSPS) is 17.8. The predicted octanol–water partition coefficient (Wildman–Crippen LogP) is 3.72. The maximum Gasteiger partial charge on any atom is 0.227 e. The molecule has 6 heteroatoms. The van der Waals surface area contributed by atoms with E-state index in [2.05, 4.69) is 0 Å². The molecule has 1 aliphatic rings. The van der Waals surface area contributed by atoms with E-state index in [9.17, 15) is 4.79 Å². The number of anilines is 1. The van der Waals surface area contributed by atoms with Gasteiger partial charge < -0.3 is 15.4 Å². The second-order valence-corrected chi connectivity index (χ2v) is 6.61. The van der Waals surface area contributed by atoms with Crippen molar-refractivity contribution in [1.29, 1.82) is 0 Å². The van der Waals surface area contributed by atoms with Crippen molar-refractivity contribution in [3.63, 3.8) is 0 Å². The molecular weight excluding hydrogens is 347 g/mol. The number of nitrogens with zero attached hydrogens (tertiary/aromatic N) is 1. The Morgan fingerprint density at radius 1 is 1.17 bits per heavy atom. The molecule has 1 saturated heterocycles. The lowest BCUT2D eigenvalue weighted by molar-refractivity contribution is -0.138. The summed E-state index contributed by atoms with van der Waals surface area (Å²) < 4.78 is 5.79. The minimum absolute atomic E-state index is 0.0770. The van der Waals surface area contributed by atoms with Gasteiger partial charge in [-0.1, -0.05) is 41.4 Å². The number of morpholine rings is 1. The Morgan fingerprint density at radius 2 is 1.92 bits per heavy atom. The second-order valence-electron chi connectivity index (χ2n) is 5.79. The number of halogens is 2. The zero-order chi connectivity index (χ0) is 17.1. The molecule has 2 N–H and O–H groups in total. The quantitative estimate of drug-likeness (QED) is 0.844. The monoisotopic (exact) mass is 364 g/mol. The van der Waals surface area contributed by atoms with Gasteiger partial charge in [0.15, 0.2) is 0 Å². The molecule has 2 aromatic rings. The number of hydrogen-bond donors (Lipinski definition) is 1. The van der Waals surface area contributed by atoms with Gasteiger partial charge in [0.1, 0.15) is 6.10 Å². The van der Waals surface area contributed by atoms with Gasteiger partial charge in [0.2, 0.25) is 5.91 Å². The molecule has 0 aromatic heterocycles. The molecule has 126 valence electrons. The van der Waals surface area contributed by atoms with Gasteiger partial charge in [-0.2, -0.15) is 0 Å². The number of carbonyl (C=O) groups excluding carboxylic acids is 1. The van der Waals surface area contributed by atoms with Gasteiger partial charge in [-0.25, -0.2) is 0 Å². The molecule has 1 unspecified atom stereocenters. The van der Waals surface area contributed by atoms with Crippen molar-refractivity contribution in [3.8, 4) is 0 Å². The molecule has 3 rings (SSSR count). The molecule has 1 aliphatic heterocycles. The number of nitrogen functional groups attached to an aromatic ring is 1. The van der Waals surface area contributed by atoms with Gasteiger partial charge in [-0.3, -0.25) is 4.79 Å². The third kappa shape index (κ3) is 4.01. The van der Waals surface area contributed by atoms with Crippen LogP contribution in [0.25, 0.3) is 0 Å². The largest absolute Gasteiger partial charge is 0.399 e. The van der Waals surface area contributed by atoms with E-state index < -0.39 is 0 Å². The molecule has 1 atom stereocenters. The average molecular weight is 365 g/mol. The van der Waals surface area contributed by atoms with Crippen molar-refractivity contribution in [3.05, 3.63) is 63.6 Å². The highest BCUT2D eigenvalue weighted by atomic mass is 35.5. The van der Waals surface area contributed by atoms with Crippen LogP contribution >= 0.6 is 23.2 Å². The lowest BCUT2D eigenvalue weighted by Gasteiger charge is -2.33. The zero-order valence-corrected chi connectivity index (χ0v) is 14.6. The first kappa shape index (κ1) is 17.1. The third-order valence-corrected chi connectivity index (χ3v) is 4.81. The Kier molecular flexibility index (Phi) is 5.29. The molecule has 0 bridgehead atoms. The number of carbonyl (C=O) groups is 1. The van der Waals surface area contributed by atoms with Crippen molar-refractivity contribution in [2.45, 2.75) is 12.5 Å². The summed E-state index contributed by atoms with van der Waals surface area (Å²) in [6.45, 7) is 1.59. The van der Waals surface area contributed by atoms with Gasteiger partial charge in [0, 0.05) is 12.2 Å². The lowest BCUT2D eigenvalue weighted by Crippen LogP contribution is -2.43. The van der Waals surface area contributed by atoms with Crippen LogP contribution in [0, 0.1) is 0 Å². The first-order valence-electron chi connectivity index (χ1n) is 7.71. The zero-order valence-electron chi connectivity index (χ0n) is 13.0. The molecule has 0 saturated carbocycles. The van der Waals surface area contributed by atoms with Crippen LogP contribution in [0.2, 0.25) is 10.0 Å². The predicted molar refractivity (Wildman–Crippen MR) is 96.3 cm³/mol. The fraction of sp³-hybridized carbons (Fsp3) is 0.278. The highest BCUT2D eigenvalue weighted by Gasteiger charge is 2.25. The topological polar surface area (TPSA) is 55.6 Å². The van der Waals surface area contributed by atoms with E-state index in [1.165, 1.54) is 0 Å². The Morgan fingerprint density at radius 3 is 2.62 bits per heavy atom. The van der Waals surface area contributed by atoms with Crippen LogP contribution in [0.4, 0.5) is 5.69 Å². The highest BCUT2D eigenvalue weighted by Crippen LogP contribution is 2.29. The van der Waals surface area contributed by atoms with Crippen molar-refractivity contribution < 1.29 is 9.53 Å². The van der Waals surface area contributed by atoms with Crippen molar-refractivity contribution in [1.82, 2.24) is 4.90 Å². The van der Waals surface area contributed by atoms with E-state index in [1.807, 2.05) is 23.1 Å². The standard InChI is InChI=1S/C18H18Cl2N2O2/c19-15-6-3-13(10-16(15)20)17-11-22(7-8-24-17)18(23)9-12-1-4-14(21)5-2-12/h1-6,10,17H,7-9,11,21H2. The first-order chi connectivity index (χ1) is 11.5. The van der Waals surface area contributed by atoms with E-state index in [1.54, 1.807) is 24.3 Å². The summed E-state index contributed by atoms with van der Waals surface area (Å²) in [7, 11) is 0. The molecule has 2 aromatic carbocycles. The lowest BCUT2D eigenvalue weighted by atomic mass is 10.1. The fourth-order valence-corrected chi connectivity index (χ4v) is 3.02. The number of ether oxygens (including phenoxy) is 1. The van der Waals surface area contributed by atoms with E-state index in [-0.39, 0.29) is 12.0 Å². The number of benzene rings is 2. The van der Waals surface area contributed by atoms with Crippen molar-refractivity contribution >= 4 is 34.8 Å². The molecule has 24 heavy (non-hydrogen) atoms. The Balaban J connectivity index is 1.67. The summed E-state index contributed by atoms with van der Waals surface area (Å²) in [6, 6.07) is 12.8. The van der Waals surface area contributed by atoms with Crippen LogP contribution in [0.15, 0.2) is 42.5 Å². The average Bonchev–Trinajstić information content (AvgIpc) is 2.59. The highest BCUT2D eigenvalue weighted by molar-refractivity contribution is 6.42. The smallest absolute Gasteiger partial charge is 0.227 e. The third-order valence-electron chi connectivity index (χ3n) is 4.07. The van der Waals surface area contributed by atoms with E-state index in [0.717, 1.165) is 11.1 Å². The minimum atomic E-state index is -0.191. The van der Waals surface area contributed by atoms with Crippen LogP contribution in [0.1, 0.15) is 17.2 Å². The Bertz CT molecular complexity index is 734. The van der Waals surface area contributed by atoms with E-state index in [4.69, 9.17) is 33.7 Å². The number of nitrogens with two attached hydrogens (primary N) is 1. The van der Waals surface area contributed by atoms with Gasteiger partial charge in [0.25, 0.3) is 0 Å². The van der Waals surface area contributed by atoms with Crippen LogP contribution in [0.5, 0.6) is 0 Å². The fourth-order valence-electron chi connectivity index (χ4n) is 2.71. The molecule has 1 heterocycles. The van der Waals surface area contributed by atoms with Gasteiger partial charge in [-0.15, -0.1) is 0 Å². The summed E-state index contributed by atoms with van der Waals surface area (Å²) in [5.41, 5.74) is 8.24. The number of amides is 1. The van der Waals surface area contributed by atoms with Gasteiger partial charge in [0.05, 0.1) is 29.6 Å². The summed E-state index contributed by atoms with van der Waals surface area (Å²) in [5.74, 6) is 0.0770. The molecular formula is C18H18Cl2N2O2. The summed E-state index contributed by atoms with van der Waals surface area (Å²) in [4.78, 5) is 14.4. The molecule has 4 nitrogen and oxygen atoms in total. The van der Waals surface area contributed by atoms with Crippen molar-refractivity contribution in [2.24, 2.45) is 0 Å². The van der Waals surface area contributed by atoms with Gasteiger partial charge in [-0.05, 0) is 35.4 Å².